The number of aliphatic carboxylic acids is 2. The molecule has 0 saturated carbocycles. The molecule has 28 heavy (non-hydrogen) atoms. The quantitative estimate of drug-likeness (QED) is 0.231. The molecule has 0 saturated heterocycles. The van der Waals surface area contributed by atoms with E-state index in [4.69, 9.17) is 10.2 Å². The van der Waals surface area contributed by atoms with Crippen molar-refractivity contribution in [2.75, 3.05) is 0 Å². The Morgan fingerprint density at radius 2 is 0.750 bits per heavy atom. The molecule has 0 spiro atoms. The molecular weight excluding hydrogens is 352 g/mol. The second-order valence-corrected chi connectivity index (χ2v) is 8.90. The van der Waals surface area contributed by atoms with E-state index in [1.54, 1.807) is 0 Å². The van der Waals surface area contributed by atoms with Gasteiger partial charge in [0.15, 0.2) is 0 Å². The normalized spacial score (nSPS) is 10.8. The molecule has 168 valence electrons. The van der Waals surface area contributed by atoms with Crippen LogP contribution in [0.1, 0.15) is 130 Å². The summed E-state index contributed by atoms with van der Waals surface area (Å²) in [5.74, 6) is 0.318. The van der Waals surface area contributed by atoms with Crippen LogP contribution in [0.4, 0.5) is 0 Å². The number of carboxylic acid groups (broad SMARTS) is 2. The maximum absolute atomic E-state index is 10.2. The second-order valence-electron chi connectivity index (χ2n) is 8.90. The van der Waals surface area contributed by atoms with Crippen molar-refractivity contribution in [2.45, 2.75) is 130 Å². The summed E-state index contributed by atoms with van der Waals surface area (Å²) < 4.78 is 0. The van der Waals surface area contributed by atoms with E-state index < -0.39 is 11.9 Å². The third-order valence-electron chi connectivity index (χ3n) is 4.84. The molecule has 0 aliphatic rings. The van der Waals surface area contributed by atoms with Gasteiger partial charge >= 0.3 is 11.9 Å². The van der Waals surface area contributed by atoms with Gasteiger partial charge in [0.2, 0.25) is 0 Å². The number of rotatable bonds is 18. The highest BCUT2D eigenvalue weighted by molar-refractivity contribution is 5.66. The minimum Gasteiger partial charge on any atom is -0.481 e. The van der Waals surface area contributed by atoms with E-state index in [2.05, 4.69) is 27.7 Å². The summed E-state index contributed by atoms with van der Waals surface area (Å²) in [4.78, 5) is 20.4. The highest BCUT2D eigenvalue weighted by Crippen LogP contribution is 2.12. The Morgan fingerprint density at radius 1 is 0.500 bits per heavy atom. The average Bonchev–Trinajstić information content (AvgIpc) is 2.59. The lowest BCUT2D eigenvalue weighted by molar-refractivity contribution is -0.138. The van der Waals surface area contributed by atoms with Crippen LogP contribution in [0.5, 0.6) is 0 Å². The van der Waals surface area contributed by atoms with Crippen LogP contribution in [-0.4, -0.2) is 22.2 Å². The van der Waals surface area contributed by atoms with Gasteiger partial charge in [-0.2, -0.15) is 0 Å². The number of carboxylic acids is 2. The minimum absolute atomic E-state index is 0.339. The van der Waals surface area contributed by atoms with Gasteiger partial charge in [-0.25, -0.2) is 0 Å². The maximum atomic E-state index is 10.2. The van der Waals surface area contributed by atoms with Crippen LogP contribution in [0.15, 0.2) is 0 Å². The van der Waals surface area contributed by atoms with Crippen LogP contribution in [0.25, 0.3) is 0 Å². The molecule has 2 N–H and O–H groups in total. The first-order valence-electron chi connectivity index (χ1n) is 11.7. The lowest BCUT2D eigenvalue weighted by atomic mass is 10.0. The number of unbranched alkanes of at least 4 members (excludes halogenated alkanes) is 10. The van der Waals surface area contributed by atoms with E-state index in [1.807, 2.05) is 0 Å². The van der Waals surface area contributed by atoms with Gasteiger partial charge in [-0.15, -0.1) is 0 Å². The zero-order chi connectivity index (χ0) is 21.6. The predicted molar refractivity (Wildman–Crippen MR) is 119 cm³/mol. The molecular formula is C24H48O4. The SMILES string of the molecule is CC(C)CCCCCCCCC(=O)O.CC(C)CCCCCCCCC(=O)O. The highest BCUT2D eigenvalue weighted by Gasteiger charge is 1.98. The van der Waals surface area contributed by atoms with Crippen molar-refractivity contribution in [3.8, 4) is 0 Å². The van der Waals surface area contributed by atoms with Crippen molar-refractivity contribution >= 4 is 11.9 Å². The largest absolute Gasteiger partial charge is 0.481 e. The van der Waals surface area contributed by atoms with Crippen molar-refractivity contribution < 1.29 is 19.8 Å². The molecule has 0 aliphatic carbocycles. The molecule has 0 aromatic rings. The molecule has 0 heterocycles. The summed E-state index contributed by atoms with van der Waals surface area (Å²) in [7, 11) is 0. The molecule has 0 unspecified atom stereocenters. The monoisotopic (exact) mass is 400 g/mol. The van der Waals surface area contributed by atoms with Crippen LogP contribution in [-0.2, 0) is 9.59 Å². The molecule has 0 atom stereocenters. The Labute approximate surface area is 174 Å². The van der Waals surface area contributed by atoms with E-state index >= 15 is 0 Å². The lowest BCUT2D eigenvalue weighted by Gasteiger charge is -2.03. The summed E-state index contributed by atoms with van der Waals surface area (Å²) in [6, 6.07) is 0. The van der Waals surface area contributed by atoms with Crippen LogP contribution >= 0.6 is 0 Å². The summed E-state index contributed by atoms with van der Waals surface area (Å²) in [5.41, 5.74) is 0. The predicted octanol–water partition coefficient (Wildman–Crippen LogP) is 7.70. The van der Waals surface area contributed by atoms with Crippen molar-refractivity contribution in [1.82, 2.24) is 0 Å². The third-order valence-corrected chi connectivity index (χ3v) is 4.84. The Morgan fingerprint density at radius 3 is 1.00 bits per heavy atom. The number of hydrogen-bond acceptors (Lipinski definition) is 2. The Bertz CT molecular complexity index is 317. The summed E-state index contributed by atoms with van der Waals surface area (Å²) in [6.45, 7) is 9.03. The summed E-state index contributed by atoms with van der Waals surface area (Å²) in [6.07, 6.45) is 17.4. The van der Waals surface area contributed by atoms with Gasteiger partial charge in [-0.1, -0.05) is 105 Å². The van der Waals surface area contributed by atoms with Crippen molar-refractivity contribution in [2.24, 2.45) is 11.8 Å². The lowest BCUT2D eigenvalue weighted by Crippen LogP contribution is -1.93. The first kappa shape index (κ1) is 29.1. The summed E-state index contributed by atoms with van der Waals surface area (Å²) in [5, 5.41) is 16.8. The Hall–Kier alpha value is -1.06. The van der Waals surface area contributed by atoms with E-state index in [9.17, 15) is 9.59 Å². The van der Waals surface area contributed by atoms with Crippen molar-refractivity contribution in [3.05, 3.63) is 0 Å². The van der Waals surface area contributed by atoms with Gasteiger partial charge in [0.05, 0.1) is 0 Å². The van der Waals surface area contributed by atoms with Gasteiger partial charge in [0, 0.05) is 12.8 Å². The zero-order valence-electron chi connectivity index (χ0n) is 19.2. The standard InChI is InChI=1S/2C12H24O2/c2*1-11(2)9-7-5-3-4-6-8-10-12(13)14/h2*11H,3-10H2,1-2H3,(H,13,14). The van der Waals surface area contributed by atoms with Crippen LogP contribution in [0.3, 0.4) is 0 Å². The van der Waals surface area contributed by atoms with E-state index in [-0.39, 0.29) is 0 Å². The molecule has 0 fully saturated rings. The molecule has 0 aromatic carbocycles. The van der Waals surface area contributed by atoms with E-state index in [0.29, 0.717) is 12.8 Å². The molecule has 0 radical (unpaired) electrons. The minimum atomic E-state index is -0.662. The maximum Gasteiger partial charge on any atom is 0.303 e. The fourth-order valence-corrected chi connectivity index (χ4v) is 3.07. The van der Waals surface area contributed by atoms with Gasteiger partial charge in [0.25, 0.3) is 0 Å². The average molecular weight is 401 g/mol. The van der Waals surface area contributed by atoms with Crippen LogP contribution in [0.2, 0.25) is 0 Å². The van der Waals surface area contributed by atoms with Crippen molar-refractivity contribution in [3.63, 3.8) is 0 Å². The first-order chi connectivity index (χ1) is 13.3. The van der Waals surface area contributed by atoms with Gasteiger partial charge < -0.3 is 10.2 Å². The molecule has 0 rings (SSSR count). The Balaban J connectivity index is 0. The molecule has 4 nitrogen and oxygen atoms in total. The fraction of sp³-hybridized carbons (Fsp3) is 0.917. The summed E-state index contributed by atoms with van der Waals surface area (Å²) >= 11 is 0. The molecule has 0 amide bonds. The zero-order valence-corrected chi connectivity index (χ0v) is 19.2. The topological polar surface area (TPSA) is 74.6 Å². The molecule has 4 heteroatoms. The molecule has 0 aromatic heterocycles. The van der Waals surface area contributed by atoms with E-state index in [1.165, 1.54) is 64.2 Å². The van der Waals surface area contributed by atoms with Crippen LogP contribution in [0, 0.1) is 11.8 Å². The van der Waals surface area contributed by atoms with Crippen LogP contribution < -0.4 is 0 Å². The molecule has 0 aliphatic heterocycles. The third kappa shape index (κ3) is 32.6. The van der Waals surface area contributed by atoms with Crippen molar-refractivity contribution in [1.29, 1.82) is 0 Å². The number of hydrogen-bond donors (Lipinski definition) is 2. The number of carbonyl (C=O) groups is 2. The highest BCUT2D eigenvalue weighted by atomic mass is 16.4. The Kier molecular flexibility index (Phi) is 23.1. The van der Waals surface area contributed by atoms with Gasteiger partial charge in [-0.3, -0.25) is 9.59 Å². The second kappa shape index (κ2) is 22.2. The van der Waals surface area contributed by atoms with Gasteiger partial charge in [-0.05, 0) is 24.7 Å². The van der Waals surface area contributed by atoms with Gasteiger partial charge in [0.1, 0.15) is 0 Å². The first-order valence-corrected chi connectivity index (χ1v) is 11.7. The van der Waals surface area contributed by atoms with E-state index in [0.717, 1.165) is 37.5 Å². The molecule has 0 bridgehead atoms. The smallest absolute Gasteiger partial charge is 0.303 e. The fourth-order valence-electron chi connectivity index (χ4n) is 3.07.